The third-order valence-corrected chi connectivity index (χ3v) is 4.73. The van der Waals surface area contributed by atoms with E-state index in [1.165, 1.54) is 6.92 Å². The summed E-state index contributed by atoms with van der Waals surface area (Å²) in [5, 5.41) is 34.4. The lowest BCUT2D eigenvalue weighted by atomic mass is 9.97. The molecule has 178 valence electrons. The van der Waals surface area contributed by atoms with Gasteiger partial charge in [0.1, 0.15) is 24.2 Å². The molecule has 0 heterocycles. The zero-order valence-electron chi connectivity index (χ0n) is 17.8. The summed E-state index contributed by atoms with van der Waals surface area (Å²) in [6.45, 7) is 3.81. The highest BCUT2D eigenvalue weighted by molar-refractivity contribution is 5.94. The second-order valence-corrected chi connectivity index (χ2v) is 7.29. The third-order valence-electron chi connectivity index (χ3n) is 4.73. The fourth-order valence-corrected chi connectivity index (χ4v) is 2.45. The highest BCUT2D eigenvalue weighted by atomic mass is 16.4. The van der Waals surface area contributed by atoms with Crippen LogP contribution in [0.15, 0.2) is 0 Å². The summed E-state index contributed by atoms with van der Waals surface area (Å²) in [6, 6.07) is -5.38. The van der Waals surface area contributed by atoms with E-state index in [9.17, 15) is 29.1 Å². The number of aliphatic hydroxyl groups excluding tert-OH is 2. The van der Waals surface area contributed by atoms with E-state index < -0.39 is 72.4 Å². The average Bonchev–Trinajstić information content (AvgIpc) is 2.70. The van der Waals surface area contributed by atoms with Crippen LogP contribution in [0.25, 0.3) is 0 Å². The van der Waals surface area contributed by atoms with Gasteiger partial charge in [-0.15, -0.1) is 0 Å². The second-order valence-electron chi connectivity index (χ2n) is 7.29. The number of nitrogens with two attached hydrogens (primary N) is 2. The zero-order chi connectivity index (χ0) is 24.3. The van der Waals surface area contributed by atoms with Gasteiger partial charge in [-0.3, -0.25) is 19.2 Å². The molecule has 0 aromatic rings. The standard InChI is InChI=1S/C18H33N5O8/c1-4-8(2)14(17(29)22-11(7-24)18(30)31)23-15(27)10(5-6-12(19)26)21-16(28)13(20)9(3)25/h8-11,13-14,24-25H,4-7,20H2,1-3H3,(H2,19,26)(H,21,28)(H,22,29)(H,23,27)(H,30,31). The van der Waals surface area contributed by atoms with Crippen LogP contribution in [0.3, 0.4) is 0 Å². The van der Waals surface area contributed by atoms with Crippen molar-refractivity contribution in [2.24, 2.45) is 17.4 Å². The number of carboxylic acids is 1. The van der Waals surface area contributed by atoms with Gasteiger partial charge in [0.25, 0.3) is 0 Å². The maximum atomic E-state index is 12.8. The second kappa shape index (κ2) is 13.5. The molecule has 0 spiro atoms. The highest BCUT2D eigenvalue weighted by Crippen LogP contribution is 2.10. The minimum absolute atomic E-state index is 0.192. The van der Waals surface area contributed by atoms with E-state index >= 15 is 0 Å². The monoisotopic (exact) mass is 447 g/mol. The quantitative estimate of drug-likeness (QED) is 0.132. The molecule has 0 rings (SSSR count). The number of aliphatic hydroxyl groups is 2. The number of carbonyl (C=O) groups is 5. The molecule has 6 atom stereocenters. The zero-order valence-corrected chi connectivity index (χ0v) is 17.8. The maximum absolute atomic E-state index is 12.8. The summed E-state index contributed by atoms with van der Waals surface area (Å²) in [5.41, 5.74) is 10.7. The van der Waals surface area contributed by atoms with E-state index in [1.54, 1.807) is 13.8 Å². The predicted molar refractivity (Wildman–Crippen MR) is 108 cm³/mol. The number of aliphatic carboxylic acids is 1. The minimum atomic E-state index is -1.56. The molecule has 0 aliphatic carbocycles. The average molecular weight is 447 g/mol. The van der Waals surface area contributed by atoms with Crippen molar-refractivity contribution in [3.05, 3.63) is 0 Å². The SMILES string of the molecule is CCC(C)C(NC(=O)C(CCC(N)=O)NC(=O)C(N)C(C)O)C(=O)NC(CO)C(=O)O. The van der Waals surface area contributed by atoms with Crippen molar-refractivity contribution < 1.29 is 39.3 Å². The molecular formula is C18H33N5O8. The first-order valence-electron chi connectivity index (χ1n) is 9.82. The van der Waals surface area contributed by atoms with Crippen LogP contribution in [0.4, 0.5) is 0 Å². The predicted octanol–water partition coefficient (Wildman–Crippen LogP) is -3.46. The smallest absolute Gasteiger partial charge is 0.328 e. The van der Waals surface area contributed by atoms with Gasteiger partial charge >= 0.3 is 5.97 Å². The summed E-state index contributed by atoms with van der Waals surface area (Å²) >= 11 is 0. The number of rotatable bonds is 14. The van der Waals surface area contributed by atoms with Gasteiger partial charge in [0.05, 0.1) is 12.7 Å². The Kier molecular flexibility index (Phi) is 12.3. The van der Waals surface area contributed by atoms with E-state index in [0.717, 1.165) is 0 Å². The lowest BCUT2D eigenvalue weighted by Gasteiger charge is -2.28. The molecule has 4 amide bonds. The van der Waals surface area contributed by atoms with E-state index in [4.69, 9.17) is 21.7 Å². The molecule has 0 radical (unpaired) electrons. The van der Waals surface area contributed by atoms with Crippen molar-refractivity contribution >= 4 is 29.6 Å². The van der Waals surface area contributed by atoms with Gasteiger partial charge in [0.2, 0.25) is 23.6 Å². The van der Waals surface area contributed by atoms with Gasteiger partial charge in [-0.05, 0) is 19.3 Å². The summed E-state index contributed by atoms with van der Waals surface area (Å²) in [6.07, 6.45) is -1.22. The van der Waals surface area contributed by atoms with Crippen LogP contribution in [0, 0.1) is 5.92 Å². The van der Waals surface area contributed by atoms with Crippen LogP contribution in [-0.4, -0.2) is 81.8 Å². The van der Waals surface area contributed by atoms with Crippen molar-refractivity contribution in [3.63, 3.8) is 0 Å². The molecule has 0 fully saturated rings. The summed E-state index contributed by atoms with van der Waals surface area (Å²) in [4.78, 5) is 59.7. The van der Waals surface area contributed by atoms with Gasteiger partial charge in [0, 0.05) is 6.42 Å². The van der Waals surface area contributed by atoms with Crippen molar-refractivity contribution in [3.8, 4) is 0 Å². The Morgan fingerprint density at radius 3 is 1.90 bits per heavy atom. The van der Waals surface area contributed by atoms with Crippen LogP contribution in [-0.2, 0) is 24.0 Å². The first-order valence-corrected chi connectivity index (χ1v) is 9.82. The Morgan fingerprint density at radius 1 is 0.935 bits per heavy atom. The molecule has 0 aliphatic heterocycles. The van der Waals surface area contributed by atoms with Crippen LogP contribution >= 0.6 is 0 Å². The number of amides is 4. The molecule has 10 N–H and O–H groups in total. The molecule has 0 bridgehead atoms. The molecule has 0 aromatic carbocycles. The fourth-order valence-electron chi connectivity index (χ4n) is 2.45. The molecule has 13 heteroatoms. The molecule has 0 saturated heterocycles. The number of hydrogen-bond acceptors (Lipinski definition) is 8. The van der Waals surface area contributed by atoms with E-state index in [1.807, 2.05) is 0 Å². The summed E-state index contributed by atoms with van der Waals surface area (Å²) in [7, 11) is 0. The number of carbonyl (C=O) groups excluding carboxylic acids is 4. The minimum Gasteiger partial charge on any atom is -0.480 e. The molecule has 31 heavy (non-hydrogen) atoms. The molecule has 0 aliphatic rings. The highest BCUT2D eigenvalue weighted by Gasteiger charge is 2.33. The largest absolute Gasteiger partial charge is 0.480 e. The summed E-state index contributed by atoms with van der Waals surface area (Å²) < 4.78 is 0. The number of hydrogen-bond donors (Lipinski definition) is 8. The Labute approximate surface area is 179 Å². The van der Waals surface area contributed by atoms with Gasteiger partial charge in [-0.2, -0.15) is 0 Å². The molecule has 6 unspecified atom stereocenters. The Hall–Kier alpha value is -2.77. The molecule has 0 aromatic heterocycles. The Balaban J connectivity index is 5.54. The lowest BCUT2D eigenvalue weighted by Crippen LogP contribution is -2.59. The number of carboxylic acid groups (broad SMARTS) is 1. The van der Waals surface area contributed by atoms with Crippen LogP contribution < -0.4 is 27.4 Å². The van der Waals surface area contributed by atoms with Crippen LogP contribution in [0.1, 0.15) is 40.0 Å². The van der Waals surface area contributed by atoms with Crippen molar-refractivity contribution in [2.45, 2.75) is 70.3 Å². The lowest BCUT2D eigenvalue weighted by molar-refractivity contribution is -0.143. The molecule has 13 nitrogen and oxygen atoms in total. The van der Waals surface area contributed by atoms with Gasteiger partial charge < -0.3 is 42.7 Å². The van der Waals surface area contributed by atoms with Gasteiger partial charge in [0.15, 0.2) is 0 Å². The first-order chi connectivity index (χ1) is 14.3. The number of primary amides is 1. The van der Waals surface area contributed by atoms with Crippen molar-refractivity contribution in [1.82, 2.24) is 16.0 Å². The molecule has 0 saturated carbocycles. The summed E-state index contributed by atoms with van der Waals surface area (Å²) in [5.74, 6) is -5.15. The molecular weight excluding hydrogens is 414 g/mol. The van der Waals surface area contributed by atoms with E-state index in [-0.39, 0.29) is 12.8 Å². The third kappa shape index (κ3) is 9.72. The van der Waals surface area contributed by atoms with Gasteiger partial charge in [-0.25, -0.2) is 4.79 Å². The van der Waals surface area contributed by atoms with Crippen molar-refractivity contribution in [2.75, 3.05) is 6.61 Å². The van der Waals surface area contributed by atoms with E-state index in [2.05, 4.69) is 16.0 Å². The topological polar surface area (TPSA) is 234 Å². The first kappa shape index (κ1) is 28.2. The fraction of sp³-hybridized carbons (Fsp3) is 0.722. The Morgan fingerprint density at radius 2 is 1.48 bits per heavy atom. The Bertz CT molecular complexity index is 657. The van der Waals surface area contributed by atoms with E-state index in [0.29, 0.717) is 6.42 Å². The number of nitrogens with one attached hydrogen (secondary N) is 3. The van der Waals surface area contributed by atoms with Gasteiger partial charge in [-0.1, -0.05) is 20.3 Å². The normalized spacial score (nSPS) is 16.7. The van der Waals surface area contributed by atoms with Crippen LogP contribution in [0.2, 0.25) is 0 Å². The van der Waals surface area contributed by atoms with Crippen LogP contribution in [0.5, 0.6) is 0 Å². The van der Waals surface area contributed by atoms with Crippen molar-refractivity contribution in [1.29, 1.82) is 0 Å². The maximum Gasteiger partial charge on any atom is 0.328 e.